The van der Waals surface area contributed by atoms with Crippen molar-refractivity contribution in [2.75, 3.05) is 26.2 Å². The summed E-state index contributed by atoms with van der Waals surface area (Å²) in [4.78, 5) is 17.5. The molecule has 1 aromatic carbocycles. The highest BCUT2D eigenvalue weighted by Crippen LogP contribution is 2.27. The number of halogens is 1. The van der Waals surface area contributed by atoms with Crippen molar-refractivity contribution in [3.8, 4) is 5.75 Å². The molecular formula is C19H27ClN2O2. The summed E-state index contributed by atoms with van der Waals surface area (Å²) in [5.74, 6) is 0.733. The van der Waals surface area contributed by atoms with Crippen LogP contribution in [0.3, 0.4) is 0 Å². The molecule has 24 heavy (non-hydrogen) atoms. The first-order chi connectivity index (χ1) is 11.5. The SMILES string of the molecule is CC(C)(Oc1ccc(Cl)cc1)C(=O)N1CCCN(C2CCC2)CC1. The Morgan fingerprint density at radius 1 is 1.08 bits per heavy atom. The highest BCUT2D eigenvalue weighted by Gasteiger charge is 2.36. The molecule has 5 heteroatoms. The van der Waals surface area contributed by atoms with Gasteiger partial charge in [0.15, 0.2) is 5.60 Å². The Kier molecular flexibility index (Phi) is 5.36. The standard InChI is InChI=1S/C19H27ClN2O2/c1-19(2,24-17-9-7-15(20)8-10-17)18(23)22-12-4-11-21(13-14-22)16-5-3-6-16/h7-10,16H,3-6,11-14H2,1-2H3. The molecule has 0 N–H and O–H groups in total. The number of carbonyl (C=O) groups excluding carboxylic acids is 1. The molecule has 0 unspecified atom stereocenters. The Balaban J connectivity index is 1.60. The molecular weight excluding hydrogens is 324 g/mol. The van der Waals surface area contributed by atoms with Gasteiger partial charge in [-0.25, -0.2) is 0 Å². The number of carbonyl (C=O) groups is 1. The predicted octanol–water partition coefficient (Wildman–Crippen LogP) is 3.58. The largest absolute Gasteiger partial charge is 0.478 e. The zero-order valence-corrected chi connectivity index (χ0v) is 15.4. The van der Waals surface area contributed by atoms with Crippen LogP contribution < -0.4 is 4.74 Å². The van der Waals surface area contributed by atoms with Gasteiger partial charge in [-0.15, -0.1) is 0 Å². The molecule has 1 heterocycles. The van der Waals surface area contributed by atoms with E-state index in [1.54, 1.807) is 24.3 Å². The second kappa shape index (κ2) is 7.32. The van der Waals surface area contributed by atoms with Gasteiger partial charge in [-0.2, -0.15) is 0 Å². The monoisotopic (exact) mass is 350 g/mol. The number of hydrogen-bond acceptors (Lipinski definition) is 3. The lowest BCUT2D eigenvalue weighted by Gasteiger charge is -2.37. The van der Waals surface area contributed by atoms with Crippen LogP contribution in [0, 0.1) is 0 Å². The molecule has 2 fully saturated rings. The van der Waals surface area contributed by atoms with Crippen molar-refractivity contribution < 1.29 is 9.53 Å². The second-order valence-corrected chi connectivity index (χ2v) is 7.77. The summed E-state index contributed by atoms with van der Waals surface area (Å²) in [6.45, 7) is 7.38. The van der Waals surface area contributed by atoms with Crippen molar-refractivity contribution in [1.82, 2.24) is 9.80 Å². The molecule has 132 valence electrons. The van der Waals surface area contributed by atoms with E-state index in [1.165, 1.54) is 19.3 Å². The van der Waals surface area contributed by atoms with Crippen molar-refractivity contribution in [3.63, 3.8) is 0 Å². The zero-order valence-electron chi connectivity index (χ0n) is 14.6. The number of rotatable bonds is 4. The van der Waals surface area contributed by atoms with Gasteiger partial charge in [0, 0.05) is 37.2 Å². The van der Waals surface area contributed by atoms with Crippen molar-refractivity contribution in [2.24, 2.45) is 0 Å². The van der Waals surface area contributed by atoms with Crippen LogP contribution in [0.4, 0.5) is 0 Å². The van der Waals surface area contributed by atoms with Gasteiger partial charge in [-0.3, -0.25) is 9.69 Å². The Morgan fingerprint density at radius 2 is 1.79 bits per heavy atom. The van der Waals surface area contributed by atoms with E-state index >= 15 is 0 Å². The van der Waals surface area contributed by atoms with Gasteiger partial charge >= 0.3 is 0 Å². The summed E-state index contributed by atoms with van der Waals surface area (Å²) in [5, 5.41) is 0.662. The molecule has 4 nitrogen and oxygen atoms in total. The minimum Gasteiger partial charge on any atom is -0.478 e. The maximum atomic E-state index is 13.0. The first kappa shape index (κ1) is 17.6. The molecule has 0 radical (unpaired) electrons. The average Bonchev–Trinajstić information content (AvgIpc) is 2.73. The minimum absolute atomic E-state index is 0.0629. The molecule has 2 aliphatic rings. The van der Waals surface area contributed by atoms with E-state index in [1.807, 2.05) is 18.7 Å². The van der Waals surface area contributed by atoms with Gasteiger partial charge < -0.3 is 9.64 Å². The molecule has 0 spiro atoms. The molecule has 1 aromatic rings. The van der Waals surface area contributed by atoms with Crippen LogP contribution in [-0.2, 0) is 4.79 Å². The fourth-order valence-electron chi connectivity index (χ4n) is 3.48. The average molecular weight is 351 g/mol. The van der Waals surface area contributed by atoms with E-state index in [-0.39, 0.29) is 5.91 Å². The molecule has 1 saturated heterocycles. The first-order valence-electron chi connectivity index (χ1n) is 8.94. The van der Waals surface area contributed by atoms with Crippen LogP contribution in [0.2, 0.25) is 5.02 Å². The molecule has 0 atom stereocenters. The van der Waals surface area contributed by atoms with Crippen molar-refractivity contribution >= 4 is 17.5 Å². The lowest BCUT2D eigenvalue weighted by molar-refractivity contribution is -0.145. The summed E-state index contributed by atoms with van der Waals surface area (Å²) < 4.78 is 5.96. The van der Waals surface area contributed by atoms with Gasteiger partial charge in [0.05, 0.1) is 0 Å². The van der Waals surface area contributed by atoms with Crippen LogP contribution in [0.25, 0.3) is 0 Å². The first-order valence-corrected chi connectivity index (χ1v) is 9.31. The van der Waals surface area contributed by atoms with Gasteiger partial charge in [0.2, 0.25) is 0 Å². The van der Waals surface area contributed by atoms with Crippen molar-refractivity contribution in [3.05, 3.63) is 29.3 Å². The molecule has 1 saturated carbocycles. The molecule has 0 aromatic heterocycles. The number of ether oxygens (including phenoxy) is 1. The van der Waals surface area contributed by atoms with Crippen LogP contribution in [0.5, 0.6) is 5.75 Å². The van der Waals surface area contributed by atoms with E-state index < -0.39 is 5.60 Å². The third-order valence-electron chi connectivity index (χ3n) is 5.11. The van der Waals surface area contributed by atoms with E-state index in [2.05, 4.69) is 4.90 Å². The lowest BCUT2D eigenvalue weighted by atomic mass is 9.91. The van der Waals surface area contributed by atoms with Crippen molar-refractivity contribution in [1.29, 1.82) is 0 Å². The number of benzene rings is 1. The van der Waals surface area contributed by atoms with Gasteiger partial charge in [0.25, 0.3) is 5.91 Å². The van der Waals surface area contributed by atoms with E-state index in [0.717, 1.165) is 38.6 Å². The smallest absolute Gasteiger partial charge is 0.266 e. The maximum Gasteiger partial charge on any atom is 0.266 e. The third-order valence-corrected chi connectivity index (χ3v) is 5.36. The minimum atomic E-state index is -0.876. The van der Waals surface area contributed by atoms with Gasteiger partial charge in [-0.05, 0) is 57.4 Å². The molecule has 1 aliphatic carbocycles. The second-order valence-electron chi connectivity index (χ2n) is 7.33. The van der Waals surface area contributed by atoms with E-state index in [0.29, 0.717) is 10.8 Å². The lowest BCUT2D eigenvalue weighted by Crippen LogP contribution is -2.50. The van der Waals surface area contributed by atoms with Crippen LogP contribution in [-0.4, -0.2) is 53.5 Å². The summed E-state index contributed by atoms with van der Waals surface area (Å²) in [5.41, 5.74) is -0.876. The number of hydrogen-bond donors (Lipinski definition) is 0. The number of nitrogens with zero attached hydrogens (tertiary/aromatic N) is 2. The summed E-state index contributed by atoms with van der Waals surface area (Å²) in [7, 11) is 0. The predicted molar refractivity (Wildman–Crippen MR) is 96.6 cm³/mol. The van der Waals surface area contributed by atoms with E-state index in [4.69, 9.17) is 16.3 Å². The normalized spacial score (nSPS) is 20.4. The highest BCUT2D eigenvalue weighted by molar-refractivity contribution is 6.30. The summed E-state index contributed by atoms with van der Waals surface area (Å²) >= 11 is 5.91. The fourth-order valence-corrected chi connectivity index (χ4v) is 3.61. The Morgan fingerprint density at radius 3 is 2.42 bits per heavy atom. The van der Waals surface area contributed by atoms with Gasteiger partial charge in [0.1, 0.15) is 5.75 Å². The number of amides is 1. The Hall–Kier alpha value is -1.26. The van der Waals surface area contributed by atoms with E-state index in [9.17, 15) is 4.79 Å². The van der Waals surface area contributed by atoms with Crippen LogP contribution in [0.1, 0.15) is 39.5 Å². The van der Waals surface area contributed by atoms with Crippen LogP contribution in [0.15, 0.2) is 24.3 Å². The highest BCUT2D eigenvalue weighted by atomic mass is 35.5. The van der Waals surface area contributed by atoms with Crippen molar-refractivity contribution in [2.45, 2.75) is 51.2 Å². The summed E-state index contributed by atoms with van der Waals surface area (Å²) in [6, 6.07) is 7.91. The molecule has 0 bridgehead atoms. The zero-order chi connectivity index (χ0) is 17.2. The molecule has 3 rings (SSSR count). The fraction of sp³-hybridized carbons (Fsp3) is 0.632. The molecule has 1 amide bonds. The maximum absolute atomic E-state index is 13.0. The Bertz CT molecular complexity index is 569. The topological polar surface area (TPSA) is 32.8 Å². The van der Waals surface area contributed by atoms with Gasteiger partial charge in [-0.1, -0.05) is 18.0 Å². The summed E-state index contributed by atoms with van der Waals surface area (Å²) in [6.07, 6.45) is 5.03. The third kappa shape index (κ3) is 4.04. The molecule has 1 aliphatic heterocycles. The Labute approximate surface area is 149 Å². The van der Waals surface area contributed by atoms with Crippen LogP contribution >= 0.6 is 11.6 Å². The quantitative estimate of drug-likeness (QED) is 0.832.